The number of nitrogens with one attached hydrogen (secondary N) is 1. The van der Waals surface area contributed by atoms with E-state index < -0.39 is 11.8 Å². The van der Waals surface area contributed by atoms with Crippen LogP contribution < -0.4 is 5.32 Å². The fourth-order valence-electron chi connectivity index (χ4n) is 1.58. The number of hydrogen-bond donors (Lipinski definition) is 2. The second kappa shape index (κ2) is 4.87. The van der Waals surface area contributed by atoms with Crippen LogP contribution in [0.2, 0.25) is 0 Å². The number of halogens is 1. The molecule has 0 bridgehead atoms. The molecule has 0 spiro atoms. The Labute approximate surface area is 103 Å². The lowest BCUT2D eigenvalue weighted by Gasteiger charge is -2.06. The Balaban J connectivity index is 2.11. The molecule has 0 saturated heterocycles. The molecule has 0 atom stereocenters. The summed E-state index contributed by atoms with van der Waals surface area (Å²) in [7, 11) is 1.80. The van der Waals surface area contributed by atoms with E-state index in [-0.39, 0.29) is 5.56 Å². The van der Waals surface area contributed by atoms with Crippen molar-refractivity contribution in [3.8, 4) is 0 Å². The Morgan fingerprint density at radius 3 is 2.89 bits per heavy atom. The molecule has 18 heavy (non-hydrogen) atoms. The van der Waals surface area contributed by atoms with E-state index in [2.05, 4.69) is 10.4 Å². The second-order valence-corrected chi connectivity index (χ2v) is 3.91. The van der Waals surface area contributed by atoms with Crippen LogP contribution >= 0.6 is 0 Å². The summed E-state index contributed by atoms with van der Waals surface area (Å²) in [4.78, 5) is 10.8. The molecule has 2 aromatic rings. The minimum Gasteiger partial charge on any atom is -0.478 e. The minimum atomic E-state index is -1.15. The molecular formula is C12H12FN3O2. The first-order valence-electron chi connectivity index (χ1n) is 5.30. The number of rotatable bonds is 4. The van der Waals surface area contributed by atoms with Crippen LogP contribution in [-0.4, -0.2) is 20.9 Å². The van der Waals surface area contributed by atoms with Gasteiger partial charge in [-0.15, -0.1) is 0 Å². The molecule has 0 amide bonds. The summed E-state index contributed by atoms with van der Waals surface area (Å²) in [6.45, 7) is 0.455. The van der Waals surface area contributed by atoms with E-state index in [1.165, 1.54) is 12.1 Å². The molecule has 0 saturated carbocycles. The Hall–Kier alpha value is -2.37. The number of carboxylic acids is 1. The number of nitrogens with zero attached hydrogens (tertiary/aromatic N) is 2. The van der Waals surface area contributed by atoms with Crippen LogP contribution in [-0.2, 0) is 13.6 Å². The lowest BCUT2D eigenvalue weighted by atomic mass is 10.2. The number of aromatic carboxylic acids is 1. The molecule has 0 aliphatic carbocycles. The number of benzene rings is 1. The second-order valence-electron chi connectivity index (χ2n) is 3.91. The summed E-state index contributed by atoms with van der Waals surface area (Å²) in [6.07, 6.45) is 3.51. The van der Waals surface area contributed by atoms with E-state index in [1.54, 1.807) is 17.9 Å². The van der Waals surface area contributed by atoms with Gasteiger partial charge in [0.1, 0.15) is 5.82 Å². The average Bonchev–Trinajstić information content (AvgIpc) is 2.72. The van der Waals surface area contributed by atoms with Crippen LogP contribution in [0.25, 0.3) is 0 Å². The SMILES string of the molecule is Cn1cc(CNc2cc(F)cc(C(=O)O)c2)cn1. The number of anilines is 1. The fraction of sp³-hybridized carbons (Fsp3) is 0.167. The normalized spacial score (nSPS) is 10.3. The van der Waals surface area contributed by atoms with E-state index in [9.17, 15) is 9.18 Å². The van der Waals surface area contributed by atoms with Gasteiger partial charge in [0.25, 0.3) is 0 Å². The fourth-order valence-corrected chi connectivity index (χ4v) is 1.58. The lowest BCUT2D eigenvalue weighted by Crippen LogP contribution is -2.02. The molecular weight excluding hydrogens is 237 g/mol. The molecule has 0 aliphatic rings. The van der Waals surface area contributed by atoms with Crippen molar-refractivity contribution in [3.63, 3.8) is 0 Å². The molecule has 2 N–H and O–H groups in total. The van der Waals surface area contributed by atoms with Crippen LogP contribution in [0.5, 0.6) is 0 Å². The van der Waals surface area contributed by atoms with Crippen molar-refractivity contribution in [1.82, 2.24) is 9.78 Å². The first-order chi connectivity index (χ1) is 8.54. The van der Waals surface area contributed by atoms with Crippen molar-refractivity contribution in [2.24, 2.45) is 7.05 Å². The minimum absolute atomic E-state index is 0.0799. The number of hydrogen-bond acceptors (Lipinski definition) is 3. The van der Waals surface area contributed by atoms with E-state index in [1.807, 2.05) is 6.20 Å². The molecule has 0 unspecified atom stereocenters. The van der Waals surface area contributed by atoms with Crippen molar-refractivity contribution in [1.29, 1.82) is 0 Å². The summed E-state index contributed by atoms with van der Waals surface area (Å²) in [5, 5.41) is 15.8. The Morgan fingerprint density at radius 2 is 2.28 bits per heavy atom. The van der Waals surface area contributed by atoms with Gasteiger partial charge in [-0.3, -0.25) is 4.68 Å². The molecule has 2 rings (SSSR count). The van der Waals surface area contributed by atoms with Gasteiger partial charge in [0.05, 0.1) is 11.8 Å². The van der Waals surface area contributed by atoms with Crippen LogP contribution in [0.4, 0.5) is 10.1 Å². The predicted molar refractivity (Wildman–Crippen MR) is 63.9 cm³/mol. The van der Waals surface area contributed by atoms with Crippen molar-refractivity contribution in [3.05, 3.63) is 47.5 Å². The van der Waals surface area contributed by atoms with Gasteiger partial charge in [0.2, 0.25) is 0 Å². The van der Waals surface area contributed by atoms with Gasteiger partial charge in [-0.2, -0.15) is 5.10 Å². The molecule has 1 aromatic heterocycles. The largest absolute Gasteiger partial charge is 0.478 e. The molecule has 0 aliphatic heterocycles. The quantitative estimate of drug-likeness (QED) is 0.868. The standard InChI is InChI=1S/C12H12FN3O2/c1-16-7-8(6-15-16)5-14-11-3-9(12(17)18)2-10(13)4-11/h2-4,6-7,14H,5H2,1H3,(H,17,18). The highest BCUT2D eigenvalue weighted by Crippen LogP contribution is 2.15. The van der Waals surface area contributed by atoms with Gasteiger partial charge in [0.15, 0.2) is 0 Å². The maximum absolute atomic E-state index is 13.2. The van der Waals surface area contributed by atoms with Gasteiger partial charge in [-0.1, -0.05) is 0 Å². The van der Waals surface area contributed by atoms with Gasteiger partial charge >= 0.3 is 5.97 Å². The molecule has 0 radical (unpaired) electrons. The smallest absolute Gasteiger partial charge is 0.335 e. The molecule has 1 heterocycles. The summed E-state index contributed by atoms with van der Waals surface area (Å²) in [5.74, 6) is -1.73. The predicted octanol–water partition coefficient (Wildman–Crippen LogP) is 1.87. The lowest BCUT2D eigenvalue weighted by molar-refractivity contribution is 0.0696. The summed E-state index contributed by atoms with van der Waals surface area (Å²) >= 11 is 0. The van der Waals surface area contributed by atoms with Gasteiger partial charge in [0, 0.05) is 31.0 Å². The zero-order valence-corrected chi connectivity index (χ0v) is 9.72. The highest BCUT2D eigenvalue weighted by atomic mass is 19.1. The summed E-state index contributed by atoms with van der Waals surface area (Å²) in [5.41, 5.74) is 1.28. The molecule has 1 aromatic carbocycles. The monoisotopic (exact) mass is 249 g/mol. The maximum atomic E-state index is 13.2. The van der Waals surface area contributed by atoms with E-state index in [0.717, 1.165) is 11.6 Å². The third kappa shape index (κ3) is 2.85. The van der Waals surface area contributed by atoms with Gasteiger partial charge < -0.3 is 10.4 Å². The average molecular weight is 249 g/mol. The third-order valence-corrected chi connectivity index (χ3v) is 2.40. The Morgan fingerprint density at radius 1 is 1.50 bits per heavy atom. The van der Waals surface area contributed by atoms with Crippen molar-refractivity contribution >= 4 is 11.7 Å². The number of aryl methyl sites for hydroxylation is 1. The zero-order valence-electron chi connectivity index (χ0n) is 9.72. The number of aromatic nitrogens is 2. The first kappa shape index (κ1) is 12.1. The Kier molecular flexibility index (Phi) is 3.27. The number of carbonyl (C=O) groups is 1. The summed E-state index contributed by atoms with van der Waals surface area (Å²) in [6, 6.07) is 3.63. The molecule has 0 fully saturated rings. The zero-order chi connectivity index (χ0) is 13.1. The highest BCUT2D eigenvalue weighted by molar-refractivity contribution is 5.88. The van der Waals surface area contributed by atoms with E-state index in [4.69, 9.17) is 5.11 Å². The van der Waals surface area contributed by atoms with Crippen molar-refractivity contribution in [2.45, 2.75) is 6.54 Å². The number of carboxylic acid groups (broad SMARTS) is 1. The van der Waals surface area contributed by atoms with Crippen LogP contribution in [0, 0.1) is 5.82 Å². The van der Waals surface area contributed by atoms with Crippen LogP contribution in [0.15, 0.2) is 30.6 Å². The van der Waals surface area contributed by atoms with E-state index in [0.29, 0.717) is 12.2 Å². The van der Waals surface area contributed by atoms with Gasteiger partial charge in [-0.25, -0.2) is 9.18 Å². The van der Waals surface area contributed by atoms with Gasteiger partial charge in [-0.05, 0) is 18.2 Å². The molecule has 6 heteroatoms. The van der Waals surface area contributed by atoms with Crippen molar-refractivity contribution in [2.75, 3.05) is 5.32 Å². The third-order valence-electron chi connectivity index (χ3n) is 2.40. The van der Waals surface area contributed by atoms with E-state index >= 15 is 0 Å². The molecule has 5 nitrogen and oxygen atoms in total. The van der Waals surface area contributed by atoms with Crippen molar-refractivity contribution < 1.29 is 14.3 Å². The molecule has 94 valence electrons. The topological polar surface area (TPSA) is 67.2 Å². The summed E-state index contributed by atoms with van der Waals surface area (Å²) < 4.78 is 14.9. The first-order valence-corrected chi connectivity index (χ1v) is 5.30. The maximum Gasteiger partial charge on any atom is 0.335 e. The van der Waals surface area contributed by atoms with Crippen LogP contribution in [0.1, 0.15) is 15.9 Å². The Bertz CT molecular complexity index is 580. The van der Waals surface area contributed by atoms with Crippen LogP contribution in [0.3, 0.4) is 0 Å². The highest BCUT2D eigenvalue weighted by Gasteiger charge is 2.07.